The van der Waals surface area contributed by atoms with E-state index in [9.17, 15) is 14.7 Å². The van der Waals surface area contributed by atoms with Crippen molar-refractivity contribution in [1.82, 2.24) is 15.0 Å². The molecule has 0 radical (unpaired) electrons. The second kappa shape index (κ2) is 4.77. The fraction of sp³-hybridized carbons (Fsp3) is 0.0909. The van der Waals surface area contributed by atoms with Gasteiger partial charge in [0.05, 0.1) is 24.3 Å². The van der Waals surface area contributed by atoms with Crippen molar-refractivity contribution in [3.63, 3.8) is 0 Å². The maximum atomic E-state index is 11.3. The summed E-state index contributed by atoms with van der Waals surface area (Å²) in [4.78, 5) is 21.9. The van der Waals surface area contributed by atoms with Crippen molar-refractivity contribution in [2.24, 2.45) is 0 Å². The van der Waals surface area contributed by atoms with Gasteiger partial charge in [-0.1, -0.05) is 5.21 Å². The first-order valence-corrected chi connectivity index (χ1v) is 5.16. The van der Waals surface area contributed by atoms with Gasteiger partial charge in [-0.15, -0.1) is 5.10 Å². The van der Waals surface area contributed by atoms with Crippen molar-refractivity contribution in [1.29, 1.82) is 0 Å². The Morgan fingerprint density at radius 3 is 2.42 bits per heavy atom. The molecule has 8 heteroatoms. The van der Waals surface area contributed by atoms with E-state index < -0.39 is 17.6 Å². The number of benzene rings is 1. The van der Waals surface area contributed by atoms with Gasteiger partial charge in [-0.2, -0.15) is 4.68 Å². The second-order valence-corrected chi connectivity index (χ2v) is 3.56. The molecule has 0 amide bonds. The highest BCUT2D eigenvalue weighted by Gasteiger charge is 2.12. The van der Waals surface area contributed by atoms with Gasteiger partial charge in [0.2, 0.25) is 0 Å². The van der Waals surface area contributed by atoms with Crippen molar-refractivity contribution in [3.8, 4) is 5.69 Å². The predicted octanol–water partition coefficient (Wildman–Crippen LogP) is -1.00. The number of methoxy groups -OCH3 is 1. The van der Waals surface area contributed by atoms with E-state index >= 15 is 0 Å². The van der Waals surface area contributed by atoms with Gasteiger partial charge in [0.25, 0.3) is 0 Å². The van der Waals surface area contributed by atoms with Crippen molar-refractivity contribution in [2.75, 3.05) is 12.8 Å². The number of carboxylic acids is 1. The van der Waals surface area contributed by atoms with Gasteiger partial charge in [-0.25, -0.2) is 4.79 Å². The van der Waals surface area contributed by atoms with Crippen molar-refractivity contribution >= 4 is 17.8 Å². The lowest BCUT2D eigenvalue weighted by molar-refractivity contribution is -0.255. The highest BCUT2D eigenvalue weighted by molar-refractivity contribution is 5.90. The molecule has 8 nitrogen and oxygen atoms in total. The number of nitrogens with zero attached hydrogens (tertiary/aromatic N) is 3. The van der Waals surface area contributed by atoms with Gasteiger partial charge >= 0.3 is 5.97 Å². The number of hydrogen-bond acceptors (Lipinski definition) is 7. The Labute approximate surface area is 107 Å². The standard InChI is InChI=1S/C11H10N4O4/c1-19-11(18)6-2-4-7(5-3-6)15-9(12)8(10(16)17)13-14-15/h2-5H,12H2,1H3,(H,16,17)/p-1. The van der Waals surface area contributed by atoms with Crippen LogP contribution in [0.1, 0.15) is 20.8 Å². The number of rotatable bonds is 3. The van der Waals surface area contributed by atoms with Gasteiger partial charge < -0.3 is 20.4 Å². The molecule has 0 aliphatic heterocycles. The fourth-order valence-corrected chi connectivity index (χ4v) is 1.48. The lowest BCUT2D eigenvalue weighted by atomic mass is 10.2. The summed E-state index contributed by atoms with van der Waals surface area (Å²) in [6.45, 7) is 0. The van der Waals surface area contributed by atoms with E-state index in [1.807, 2.05) is 0 Å². The summed E-state index contributed by atoms with van der Waals surface area (Å²) in [6.07, 6.45) is 0. The monoisotopic (exact) mass is 261 g/mol. The number of nitrogen functional groups attached to an aromatic ring is 1. The Morgan fingerprint density at radius 1 is 1.32 bits per heavy atom. The van der Waals surface area contributed by atoms with Crippen LogP contribution in [0.2, 0.25) is 0 Å². The predicted molar refractivity (Wildman–Crippen MR) is 61.4 cm³/mol. The average Bonchev–Trinajstić information content (AvgIpc) is 2.80. The smallest absolute Gasteiger partial charge is 0.337 e. The maximum absolute atomic E-state index is 11.3. The van der Waals surface area contributed by atoms with Crippen molar-refractivity contribution in [2.45, 2.75) is 0 Å². The first-order chi connectivity index (χ1) is 9.04. The maximum Gasteiger partial charge on any atom is 0.337 e. The summed E-state index contributed by atoms with van der Waals surface area (Å²) in [5, 5.41) is 17.7. The Hall–Kier alpha value is -2.90. The highest BCUT2D eigenvalue weighted by Crippen LogP contribution is 2.15. The third-order valence-electron chi connectivity index (χ3n) is 2.43. The molecule has 0 bridgehead atoms. The van der Waals surface area contributed by atoms with Gasteiger partial charge in [0.1, 0.15) is 0 Å². The summed E-state index contributed by atoms with van der Waals surface area (Å²) in [5.74, 6) is -2.13. The number of esters is 1. The molecule has 0 saturated heterocycles. The minimum absolute atomic E-state index is 0.147. The van der Waals surface area contributed by atoms with Gasteiger partial charge in [0, 0.05) is 0 Å². The molecule has 2 aromatic rings. The normalized spacial score (nSPS) is 10.2. The van der Waals surface area contributed by atoms with Crippen LogP contribution in [0.15, 0.2) is 24.3 Å². The molecular formula is C11H9N4O4-. The number of hydrogen-bond donors (Lipinski definition) is 1. The largest absolute Gasteiger partial charge is 0.543 e. The Bertz CT molecular complexity index is 633. The number of nitrogens with two attached hydrogens (primary N) is 1. The van der Waals surface area contributed by atoms with E-state index in [1.54, 1.807) is 0 Å². The third kappa shape index (κ3) is 2.23. The van der Waals surface area contributed by atoms with Crippen molar-refractivity contribution < 1.29 is 19.4 Å². The van der Waals surface area contributed by atoms with Gasteiger partial charge in [-0.05, 0) is 24.3 Å². The molecule has 0 saturated carbocycles. The van der Waals surface area contributed by atoms with Gasteiger partial charge in [-0.3, -0.25) is 0 Å². The average molecular weight is 261 g/mol. The highest BCUT2D eigenvalue weighted by atomic mass is 16.5. The van der Waals surface area contributed by atoms with Crippen LogP contribution in [0.3, 0.4) is 0 Å². The lowest BCUT2D eigenvalue weighted by Gasteiger charge is -2.05. The molecule has 0 fully saturated rings. The molecule has 0 aliphatic rings. The van der Waals surface area contributed by atoms with Gasteiger partial charge in [0.15, 0.2) is 11.5 Å². The molecule has 1 heterocycles. The van der Waals surface area contributed by atoms with E-state index in [2.05, 4.69) is 15.0 Å². The first kappa shape index (κ1) is 12.6. The molecule has 19 heavy (non-hydrogen) atoms. The van der Waals surface area contributed by atoms with E-state index in [4.69, 9.17) is 5.73 Å². The zero-order valence-electron chi connectivity index (χ0n) is 9.86. The Balaban J connectivity index is 2.38. The molecule has 2 rings (SSSR count). The molecule has 98 valence electrons. The lowest BCUT2D eigenvalue weighted by Crippen LogP contribution is -2.24. The van der Waals surface area contributed by atoms with E-state index in [0.717, 1.165) is 4.68 Å². The minimum Gasteiger partial charge on any atom is -0.543 e. The topological polar surface area (TPSA) is 123 Å². The molecule has 0 unspecified atom stereocenters. The minimum atomic E-state index is -1.50. The van der Waals surface area contributed by atoms with Crippen LogP contribution in [-0.2, 0) is 4.74 Å². The second-order valence-electron chi connectivity index (χ2n) is 3.56. The molecule has 2 N–H and O–H groups in total. The SMILES string of the molecule is COC(=O)c1ccc(-n2nnc(C(=O)[O-])c2N)cc1. The molecule has 0 aliphatic carbocycles. The van der Waals surface area contributed by atoms with E-state index in [1.165, 1.54) is 31.4 Å². The number of carboxylic acid groups (broad SMARTS) is 1. The molecular weight excluding hydrogens is 252 g/mol. The third-order valence-corrected chi connectivity index (χ3v) is 2.43. The quantitative estimate of drug-likeness (QED) is 0.702. The number of ether oxygens (including phenoxy) is 1. The number of aromatic carboxylic acids is 1. The van der Waals surface area contributed by atoms with Crippen LogP contribution >= 0.6 is 0 Å². The summed E-state index contributed by atoms with van der Waals surface area (Å²) in [6, 6.07) is 6.08. The van der Waals surface area contributed by atoms with Crippen molar-refractivity contribution in [3.05, 3.63) is 35.5 Å². The molecule has 0 atom stereocenters. The van der Waals surface area contributed by atoms with Crippen LogP contribution in [0, 0.1) is 0 Å². The number of carbonyl (C=O) groups is 2. The summed E-state index contributed by atoms with van der Waals surface area (Å²) >= 11 is 0. The number of anilines is 1. The van der Waals surface area contributed by atoms with E-state index in [-0.39, 0.29) is 5.82 Å². The number of carbonyl (C=O) groups excluding carboxylic acids is 2. The van der Waals surface area contributed by atoms with Crippen LogP contribution in [0.25, 0.3) is 5.69 Å². The number of aromatic nitrogens is 3. The Morgan fingerprint density at radius 2 is 1.95 bits per heavy atom. The van der Waals surface area contributed by atoms with Crippen LogP contribution in [-0.4, -0.2) is 34.0 Å². The Kier molecular flexibility index (Phi) is 3.15. The van der Waals surface area contributed by atoms with E-state index in [0.29, 0.717) is 11.3 Å². The fourth-order valence-electron chi connectivity index (χ4n) is 1.48. The summed E-state index contributed by atoms with van der Waals surface area (Å²) in [7, 11) is 1.28. The summed E-state index contributed by atoms with van der Waals surface area (Å²) < 4.78 is 5.69. The zero-order chi connectivity index (χ0) is 14.0. The zero-order valence-corrected chi connectivity index (χ0v) is 9.86. The first-order valence-electron chi connectivity index (χ1n) is 5.16. The van der Waals surface area contributed by atoms with Crippen LogP contribution in [0.5, 0.6) is 0 Å². The molecule has 1 aromatic carbocycles. The van der Waals surface area contributed by atoms with Crippen LogP contribution < -0.4 is 10.8 Å². The molecule has 1 aromatic heterocycles. The molecule has 0 spiro atoms. The summed E-state index contributed by atoms with van der Waals surface area (Å²) in [5.41, 5.74) is 5.97. The van der Waals surface area contributed by atoms with Crippen LogP contribution in [0.4, 0.5) is 5.82 Å².